The molecule has 1 rings (SSSR count). The molecule has 0 bridgehead atoms. The third-order valence-corrected chi connectivity index (χ3v) is 1.80. The summed E-state index contributed by atoms with van der Waals surface area (Å²) in [4.78, 5) is 10.5. The highest BCUT2D eigenvalue weighted by Gasteiger charge is 2.24. The van der Waals surface area contributed by atoms with Crippen LogP contribution in [0.1, 0.15) is 11.1 Å². The first-order valence-electron chi connectivity index (χ1n) is 4.24. The van der Waals surface area contributed by atoms with Gasteiger partial charge in [0.2, 0.25) is 0 Å². The van der Waals surface area contributed by atoms with Gasteiger partial charge in [-0.15, -0.1) is 0 Å². The van der Waals surface area contributed by atoms with Crippen molar-refractivity contribution in [2.24, 2.45) is 0 Å². The number of allylic oxidation sites excluding steroid dienone is 2. The van der Waals surface area contributed by atoms with E-state index in [1.807, 2.05) is 0 Å². The molecule has 0 fully saturated rings. The van der Waals surface area contributed by atoms with Crippen molar-refractivity contribution in [1.29, 1.82) is 0 Å². The minimum atomic E-state index is -4.47. The van der Waals surface area contributed by atoms with Crippen LogP contribution in [0.3, 0.4) is 0 Å². The van der Waals surface area contributed by atoms with Crippen molar-refractivity contribution < 1.29 is 18.0 Å². The van der Waals surface area contributed by atoms with Crippen molar-refractivity contribution >= 4 is 11.9 Å². The Hall–Kier alpha value is -1.58. The molecule has 1 aromatic carbocycles. The van der Waals surface area contributed by atoms with Crippen LogP contribution in [0, 0.1) is 6.92 Å². The zero-order chi connectivity index (χ0) is 11.5. The zero-order valence-electron chi connectivity index (χ0n) is 8.01. The fraction of sp³-hybridized carbons (Fsp3) is 0.182. The van der Waals surface area contributed by atoms with Crippen molar-refractivity contribution in [3.05, 3.63) is 41.5 Å². The van der Waals surface area contributed by atoms with Gasteiger partial charge < -0.3 is 0 Å². The quantitative estimate of drug-likeness (QED) is 0.546. The molecule has 0 spiro atoms. The van der Waals surface area contributed by atoms with Gasteiger partial charge in [0.25, 0.3) is 0 Å². The van der Waals surface area contributed by atoms with E-state index >= 15 is 0 Å². The molecule has 0 aliphatic heterocycles. The van der Waals surface area contributed by atoms with Gasteiger partial charge in [-0.2, -0.15) is 13.2 Å². The summed E-state index contributed by atoms with van der Waals surface area (Å²) in [6, 6.07) is 6.36. The van der Waals surface area contributed by atoms with Crippen LogP contribution in [0.4, 0.5) is 13.2 Å². The average Bonchev–Trinajstić information content (AvgIpc) is 2.13. The number of rotatable bonds is 2. The molecule has 0 aromatic heterocycles. The molecule has 0 heterocycles. The first kappa shape index (κ1) is 11.5. The summed E-state index contributed by atoms with van der Waals surface area (Å²) < 4.78 is 36.1. The Bertz CT molecular complexity index is 391. The monoisotopic (exact) mass is 214 g/mol. The molecule has 0 atom stereocenters. The molecule has 1 aromatic rings. The number of benzene rings is 1. The second kappa shape index (κ2) is 4.29. The number of hydrogen-bond donors (Lipinski definition) is 0. The van der Waals surface area contributed by atoms with Crippen molar-refractivity contribution in [2.75, 3.05) is 0 Å². The standard InChI is InChI=1S/C11H9F3O/c1-8-3-2-4-9(5-8)10(7-15)6-11(12,13)14/h2-7H,1H3/b10-6-. The molecule has 0 aliphatic carbocycles. The SMILES string of the molecule is Cc1cccc(/C(C=O)=C\C(F)(F)F)c1. The summed E-state index contributed by atoms with van der Waals surface area (Å²) >= 11 is 0. The third kappa shape index (κ3) is 3.58. The van der Waals surface area contributed by atoms with Crippen LogP contribution in [-0.4, -0.2) is 12.5 Å². The number of aryl methyl sites for hydroxylation is 1. The molecule has 4 heteroatoms. The molecule has 0 saturated carbocycles. The lowest BCUT2D eigenvalue weighted by Gasteiger charge is -2.04. The van der Waals surface area contributed by atoms with Gasteiger partial charge in [-0.1, -0.05) is 29.8 Å². The fourth-order valence-corrected chi connectivity index (χ4v) is 1.19. The van der Waals surface area contributed by atoms with Gasteiger partial charge in [-0.3, -0.25) is 4.79 Å². The van der Waals surface area contributed by atoms with E-state index in [0.717, 1.165) is 5.56 Å². The third-order valence-electron chi connectivity index (χ3n) is 1.80. The van der Waals surface area contributed by atoms with Crippen LogP contribution in [0.15, 0.2) is 30.3 Å². The Morgan fingerprint density at radius 1 is 1.33 bits per heavy atom. The predicted molar refractivity (Wildman–Crippen MR) is 51.3 cm³/mol. The summed E-state index contributed by atoms with van der Waals surface area (Å²) in [5.74, 6) is 0. The maximum absolute atomic E-state index is 12.0. The molecule has 0 amide bonds. The molecular formula is C11H9F3O. The summed E-state index contributed by atoms with van der Waals surface area (Å²) in [5.41, 5.74) is 0.732. The number of carbonyl (C=O) groups excluding carboxylic acids is 1. The van der Waals surface area contributed by atoms with E-state index in [1.165, 1.54) is 12.1 Å². The van der Waals surface area contributed by atoms with Gasteiger partial charge in [-0.05, 0) is 12.5 Å². The van der Waals surface area contributed by atoms with Crippen LogP contribution in [0.5, 0.6) is 0 Å². The van der Waals surface area contributed by atoms with Crippen molar-refractivity contribution in [3.8, 4) is 0 Å². The largest absolute Gasteiger partial charge is 0.410 e. The topological polar surface area (TPSA) is 17.1 Å². The lowest BCUT2D eigenvalue weighted by molar-refractivity contribution is -0.104. The molecule has 0 unspecified atom stereocenters. The normalized spacial score (nSPS) is 12.7. The summed E-state index contributed by atoms with van der Waals surface area (Å²) in [6.45, 7) is 1.75. The Morgan fingerprint density at radius 3 is 2.47 bits per heavy atom. The molecular weight excluding hydrogens is 205 g/mol. The Kier molecular flexibility index (Phi) is 3.29. The number of alkyl halides is 3. The summed E-state index contributed by atoms with van der Waals surface area (Å²) in [6.07, 6.45) is -4.25. The van der Waals surface area contributed by atoms with Crippen molar-refractivity contribution in [1.82, 2.24) is 0 Å². The molecule has 0 saturated heterocycles. The van der Waals surface area contributed by atoms with Crippen LogP contribution >= 0.6 is 0 Å². The molecule has 0 aliphatic rings. The Balaban J connectivity index is 3.14. The summed E-state index contributed by atoms with van der Waals surface area (Å²) in [7, 11) is 0. The van der Waals surface area contributed by atoms with Crippen LogP contribution < -0.4 is 0 Å². The van der Waals surface area contributed by atoms with Gasteiger partial charge in [0, 0.05) is 11.6 Å². The van der Waals surface area contributed by atoms with Gasteiger partial charge in [0.1, 0.15) is 0 Å². The number of halogens is 3. The van der Waals surface area contributed by atoms with Gasteiger partial charge in [0.15, 0.2) is 6.29 Å². The minimum absolute atomic E-state index is 0.00870. The van der Waals surface area contributed by atoms with E-state index in [-0.39, 0.29) is 23.5 Å². The molecule has 80 valence electrons. The van der Waals surface area contributed by atoms with E-state index in [2.05, 4.69) is 0 Å². The molecule has 0 radical (unpaired) electrons. The molecule has 1 nitrogen and oxygen atoms in total. The molecule has 15 heavy (non-hydrogen) atoms. The first-order chi connectivity index (χ1) is 6.92. The van der Waals surface area contributed by atoms with E-state index < -0.39 is 6.18 Å². The van der Waals surface area contributed by atoms with Gasteiger partial charge in [0.05, 0.1) is 0 Å². The van der Waals surface area contributed by atoms with E-state index in [9.17, 15) is 18.0 Å². The Morgan fingerprint density at radius 2 is 2.00 bits per heavy atom. The highest BCUT2D eigenvalue weighted by atomic mass is 19.4. The van der Waals surface area contributed by atoms with Gasteiger partial charge in [-0.25, -0.2) is 0 Å². The Labute approximate surface area is 85.2 Å². The summed E-state index contributed by atoms with van der Waals surface area (Å²) in [5, 5.41) is 0. The van der Waals surface area contributed by atoms with Crippen LogP contribution in [-0.2, 0) is 4.79 Å². The second-order valence-electron chi connectivity index (χ2n) is 3.13. The first-order valence-corrected chi connectivity index (χ1v) is 4.24. The number of aldehydes is 1. The van der Waals surface area contributed by atoms with Crippen molar-refractivity contribution in [2.45, 2.75) is 13.1 Å². The fourth-order valence-electron chi connectivity index (χ4n) is 1.19. The highest BCUT2D eigenvalue weighted by molar-refractivity contribution is 6.07. The maximum atomic E-state index is 12.0. The number of carbonyl (C=O) groups is 1. The zero-order valence-corrected chi connectivity index (χ0v) is 8.01. The lowest BCUT2D eigenvalue weighted by atomic mass is 10.0. The lowest BCUT2D eigenvalue weighted by Crippen LogP contribution is -2.03. The number of hydrogen-bond acceptors (Lipinski definition) is 1. The minimum Gasteiger partial charge on any atom is -0.298 e. The molecule has 0 N–H and O–H groups in total. The smallest absolute Gasteiger partial charge is 0.298 e. The van der Waals surface area contributed by atoms with Crippen LogP contribution in [0.25, 0.3) is 5.57 Å². The second-order valence-corrected chi connectivity index (χ2v) is 3.13. The maximum Gasteiger partial charge on any atom is 0.410 e. The van der Waals surface area contributed by atoms with Crippen molar-refractivity contribution in [3.63, 3.8) is 0 Å². The highest BCUT2D eigenvalue weighted by Crippen LogP contribution is 2.23. The van der Waals surface area contributed by atoms with Gasteiger partial charge >= 0.3 is 6.18 Å². The average molecular weight is 214 g/mol. The van der Waals surface area contributed by atoms with E-state index in [0.29, 0.717) is 0 Å². The van der Waals surface area contributed by atoms with E-state index in [1.54, 1.807) is 19.1 Å². The van der Waals surface area contributed by atoms with Crippen LogP contribution in [0.2, 0.25) is 0 Å². The van der Waals surface area contributed by atoms with E-state index in [4.69, 9.17) is 0 Å². The predicted octanol–water partition coefficient (Wildman–Crippen LogP) is 3.14.